The molecule has 2 amide bonds. The van der Waals surface area contributed by atoms with Crippen LogP contribution < -0.4 is 5.32 Å². The van der Waals surface area contributed by atoms with E-state index in [2.05, 4.69) is 4.74 Å². The summed E-state index contributed by atoms with van der Waals surface area (Å²) in [6, 6.07) is 7.54. The summed E-state index contributed by atoms with van der Waals surface area (Å²) in [7, 11) is 1.13. The molecule has 0 aliphatic carbocycles. The van der Waals surface area contributed by atoms with Crippen molar-refractivity contribution in [2.75, 3.05) is 7.11 Å². The van der Waals surface area contributed by atoms with Gasteiger partial charge >= 0.3 is 12.1 Å². The minimum absolute atomic E-state index is 0.678. The Kier molecular flexibility index (Phi) is 6.13. The highest BCUT2D eigenvalue weighted by Crippen LogP contribution is 2.05. The van der Waals surface area contributed by atoms with Crippen LogP contribution in [0.4, 0.5) is 4.79 Å². The van der Waals surface area contributed by atoms with Crippen molar-refractivity contribution in [1.29, 1.82) is 0 Å². The maximum Gasteiger partial charge on any atom is 0.413 e. The van der Waals surface area contributed by atoms with Crippen molar-refractivity contribution >= 4 is 24.0 Å². The van der Waals surface area contributed by atoms with Crippen LogP contribution in [0.15, 0.2) is 30.3 Å². The molecule has 0 bridgehead atoms. The highest BCUT2D eigenvalue weighted by atomic mass is 16.6. The zero-order valence-electron chi connectivity index (χ0n) is 12.1. The topological polar surface area (TPSA) is 81.7 Å². The Balaban J connectivity index is 2.51. The van der Waals surface area contributed by atoms with Gasteiger partial charge in [-0.15, -0.1) is 0 Å². The van der Waals surface area contributed by atoms with E-state index in [-0.39, 0.29) is 0 Å². The van der Waals surface area contributed by atoms with E-state index in [1.807, 2.05) is 36.5 Å². The molecule has 0 aromatic heterocycles. The number of hydrogen-bond donors (Lipinski definition) is 1. The van der Waals surface area contributed by atoms with E-state index >= 15 is 0 Å². The predicted molar refractivity (Wildman–Crippen MR) is 76.3 cm³/mol. The molecule has 6 nitrogen and oxygen atoms in total. The molecule has 6 heteroatoms. The van der Waals surface area contributed by atoms with Crippen LogP contribution in [0.2, 0.25) is 0 Å². The number of rotatable bonds is 4. The van der Waals surface area contributed by atoms with Crippen LogP contribution in [0, 0.1) is 6.92 Å². The van der Waals surface area contributed by atoms with E-state index in [9.17, 15) is 14.4 Å². The average Bonchev–Trinajstić information content (AvgIpc) is 2.46. The number of nitrogens with one attached hydrogen (secondary N) is 1. The Bertz CT molecular complexity index is 548. The first-order valence-electron chi connectivity index (χ1n) is 6.26. The minimum atomic E-state index is -1.10. The summed E-state index contributed by atoms with van der Waals surface area (Å²) in [5.74, 6) is -1.43. The maximum absolute atomic E-state index is 11.5. The third-order valence-electron chi connectivity index (χ3n) is 2.56. The molecular weight excluding hydrogens is 274 g/mol. The minimum Gasteiger partial charge on any atom is -0.453 e. The molecule has 0 saturated heterocycles. The predicted octanol–water partition coefficient (Wildman–Crippen LogP) is 1.82. The summed E-state index contributed by atoms with van der Waals surface area (Å²) < 4.78 is 9.12. The van der Waals surface area contributed by atoms with Gasteiger partial charge in [-0.2, -0.15) is 0 Å². The second-order valence-electron chi connectivity index (χ2n) is 4.30. The first-order chi connectivity index (χ1) is 9.92. The summed E-state index contributed by atoms with van der Waals surface area (Å²) in [5, 5.41) is 1.91. The number of ether oxygens (including phenoxy) is 2. The first-order valence-corrected chi connectivity index (χ1v) is 6.26. The second-order valence-corrected chi connectivity index (χ2v) is 4.30. The molecule has 0 radical (unpaired) electrons. The summed E-state index contributed by atoms with van der Waals surface area (Å²) in [6.07, 6.45) is 0.789. The molecule has 112 valence electrons. The Morgan fingerprint density at radius 1 is 1.19 bits per heavy atom. The number of esters is 1. The molecule has 1 rings (SSSR count). The number of carbonyl (C=O) groups excluding carboxylic acids is 3. The number of methoxy groups -OCH3 is 1. The van der Waals surface area contributed by atoms with Gasteiger partial charge in [0.2, 0.25) is 0 Å². The Morgan fingerprint density at radius 3 is 2.38 bits per heavy atom. The van der Waals surface area contributed by atoms with Gasteiger partial charge in [0.1, 0.15) is 0 Å². The first kappa shape index (κ1) is 16.4. The highest BCUT2D eigenvalue weighted by Gasteiger charge is 2.18. The van der Waals surface area contributed by atoms with Crippen molar-refractivity contribution < 1.29 is 23.9 Å². The molecule has 0 saturated carbocycles. The van der Waals surface area contributed by atoms with Gasteiger partial charge in [-0.25, -0.2) is 9.59 Å². The van der Waals surface area contributed by atoms with Gasteiger partial charge in [-0.3, -0.25) is 10.1 Å². The number of carbonyl (C=O) groups is 3. The van der Waals surface area contributed by atoms with Crippen molar-refractivity contribution in [2.24, 2.45) is 0 Å². The second kappa shape index (κ2) is 7.84. The number of alkyl carbamates (subject to hydrolysis) is 1. The van der Waals surface area contributed by atoms with E-state index in [0.717, 1.165) is 18.2 Å². The van der Waals surface area contributed by atoms with Gasteiger partial charge in [0.05, 0.1) is 7.11 Å². The molecule has 0 aliphatic heterocycles. The van der Waals surface area contributed by atoms with Crippen molar-refractivity contribution in [1.82, 2.24) is 5.32 Å². The van der Waals surface area contributed by atoms with E-state index in [1.165, 1.54) is 13.0 Å². The molecule has 0 unspecified atom stereocenters. The molecule has 0 fully saturated rings. The number of hydrogen-bond acceptors (Lipinski definition) is 5. The quantitative estimate of drug-likeness (QED) is 0.676. The fourth-order valence-corrected chi connectivity index (χ4v) is 1.36. The highest BCUT2D eigenvalue weighted by molar-refractivity contribution is 5.96. The Labute approximate surface area is 122 Å². The molecule has 1 atom stereocenters. The van der Waals surface area contributed by atoms with E-state index in [1.54, 1.807) is 6.08 Å². The van der Waals surface area contributed by atoms with Crippen molar-refractivity contribution in [3.8, 4) is 0 Å². The van der Waals surface area contributed by atoms with Gasteiger partial charge in [-0.05, 0) is 25.5 Å². The van der Waals surface area contributed by atoms with Crippen LogP contribution >= 0.6 is 0 Å². The van der Waals surface area contributed by atoms with Crippen molar-refractivity contribution in [3.63, 3.8) is 0 Å². The molecule has 0 aliphatic rings. The monoisotopic (exact) mass is 291 g/mol. The smallest absolute Gasteiger partial charge is 0.413 e. The normalized spacial score (nSPS) is 11.8. The lowest BCUT2D eigenvalue weighted by Crippen LogP contribution is -2.39. The van der Waals surface area contributed by atoms with Crippen LogP contribution in [0.25, 0.3) is 6.08 Å². The average molecular weight is 291 g/mol. The number of benzene rings is 1. The Hall–Kier alpha value is -2.63. The van der Waals surface area contributed by atoms with Gasteiger partial charge in [0.25, 0.3) is 5.91 Å². The molecule has 1 aromatic carbocycles. The van der Waals surface area contributed by atoms with Gasteiger partial charge in [-0.1, -0.05) is 29.8 Å². The molecule has 1 aromatic rings. The third kappa shape index (κ3) is 5.90. The van der Waals surface area contributed by atoms with Crippen molar-refractivity contribution in [2.45, 2.75) is 20.0 Å². The van der Waals surface area contributed by atoms with Gasteiger partial charge in [0, 0.05) is 6.08 Å². The third-order valence-corrected chi connectivity index (χ3v) is 2.56. The standard InChI is InChI=1S/C15H17NO5/c1-10-4-6-12(7-5-10)8-9-13(17)21-11(2)14(18)16-15(19)20-3/h4-9,11H,1-3H3,(H,16,18,19)/b9-8+/t11-/m1/s1. The zero-order valence-corrected chi connectivity index (χ0v) is 12.1. The van der Waals surface area contributed by atoms with E-state index in [4.69, 9.17) is 4.74 Å². The van der Waals surface area contributed by atoms with Crippen LogP contribution in [-0.2, 0) is 19.1 Å². The maximum atomic E-state index is 11.5. The van der Waals surface area contributed by atoms with Crippen molar-refractivity contribution in [3.05, 3.63) is 41.5 Å². The van der Waals surface area contributed by atoms with Crippen LogP contribution in [0.5, 0.6) is 0 Å². The van der Waals surface area contributed by atoms with E-state index < -0.39 is 24.1 Å². The number of imide groups is 1. The lowest BCUT2D eigenvalue weighted by molar-refractivity contribution is -0.149. The summed E-state index contributed by atoms with van der Waals surface area (Å²) >= 11 is 0. The number of amides is 2. The van der Waals surface area contributed by atoms with Crippen LogP contribution in [0.3, 0.4) is 0 Å². The largest absolute Gasteiger partial charge is 0.453 e. The molecule has 1 N–H and O–H groups in total. The summed E-state index contributed by atoms with van der Waals surface area (Å²) in [4.78, 5) is 33.8. The summed E-state index contributed by atoms with van der Waals surface area (Å²) in [5.41, 5.74) is 1.95. The Morgan fingerprint density at radius 2 is 1.81 bits per heavy atom. The van der Waals surface area contributed by atoms with Crippen LogP contribution in [-0.4, -0.2) is 31.2 Å². The number of aryl methyl sites for hydroxylation is 1. The van der Waals surface area contributed by atoms with Crippen LogP contribution in [0.1, 0.15) is 18.1 Å². The molecule has 21 heavy (non-hydrogen) atoms. The lowest BCUT2D eigenvalue weighted by Gasteiger charge is -2.10. The fraction of sp³-hybridized carbons (Fsp3) is 0.267. The fourth-order valence-electron chi connectivity index (χ4n) is 1.36. The zero-order chi connectivity index (χ0) is 15.8. The molecule has 0 spiro atoms. The van der Waals surface area contributed by atoms with Gasteiger partial charge < -0.3 is 9.47 Å². The van der Waals surface area contributed by atoms with E-state index in [0.29, 0.717) is 0 Å². The SMILES string of the molecule is COC(=O)NC(=O)[C@@H](C)OC(=O)/C=C/c1ccc(C)cc1. The summed E-state index contributed by atoms with van der Waals surface area (Å²) in [6.45, 7) is 3.32. The van der Waals surface area contributed by atoms with Gasteiger partial charge in [0.15, 0.2) is 6.10 Å². The lowest BCUT2D eigenvalue weighted by atomic mass is 10.1. The molecule has 0 heterocycles. The molecular formula is C15H17NO5.